The Balaban J connectivity index is 1.80. The van der Waals surface area contributed by atoms with E-state index in [9.17, 15) is 4.79 Å². The molecule has 2 rings (SSSR count). The second-order valence-electron chi connectivity index (χ2n) is 4.46. The number of aryl methyl sites for hydroxylation is 2. The van der Waals surface area contributed by atoms with Crippen molar-refractivity contribution in [1.29, 1.82) is 0 Å². The second kappa shape index (κ2) is 6.56. The van der Waals surface area contributed by atoms with Gasteiger partial charge in [-0.15, -0.1) is 0 Å². The van der Waals surface area contributed by atoms with Gasteiger partial charge in [-0.3, -0.25) is 4.79 Å². The van der Waals surface area contributed by atoms with Gasteiger partial charge in [0, 0.05) is 5.56 Å². The Morgan fingerprint density at radius 3 is 2.75 bits per heavy atom. The lowest BCUT2D eigenvalue weighted by molar-refractivity contribution is -0.123. The minimum Gasteiger partial charge on any atom is -0.484 e. The molecular formula is C15H16N2O3. The molecule has 1 aromatic carbocycles. The number of nitrogens with one attached hydrogen (secondary N) is 1. The third kappa shape index (κ3) is 4.28. The normalized spacial score (nSPS) is 10.7. The van der Waals surface area contributed by atoms with Crippen LogP contribution in [-0.4, -0.2) is 18.7 Å². The Morgan fingerprint density at radius 2 is 2.10 bits per heavy atom. The smallest absolute Gasteiger partial charge is 0.277 e. The molecule has 0 saturated carbocycles. The average Bonchev–Trinajstić information content (AvgIpc) is 2.88. The molecule has 20 heavy (non-hydrogen) atoms. The molecule has 0 radical (unpaired) electrons. The maximum Gasteiger partial charge on any atom is 0.277 e. The third-order valence-electron chi connectivity index (χ3n) is 2.51. The second-order valence-corrected chi connectivity index (χ2v) is 4.46. The lowest BCUT2D eigenvalue weighted by atomic mass is 10.1. The van der Waals surface area contributed by atoms with E-state index in [1.165, 1.54) is 18.7 Å². The monoisotopic (exact) mass is 272 g/mol. The highest BCUT2D eigenvalue weighted by atomic mass is 16.5. The van der Waals surface area contributed by atoms with E-state index in [0.717, 1.165) is 16.7 Å². The number of carbonyl (C=O) groups is 1. The number of benzene rings is 1. The summed E-state index contributed by atoms with van der Waals surface area (Å²) in [7, 11) is 0. The number of ether oxygens (including phenoxy) is 1. The fraction of sp³-hybridized carbons (Fsp3) is 0.200. The first-order valence-corrected chi connectivity index (χ1v) is 6.19. The highest BCUT2D eigenvalue weighted by molar-refractivity contribution is 5.82. The van der Waals surface area contributed by atoms with Crippen LogP contribution in [0.15, 0.2) is 46.3 Å². The Hall–Kier alpha value is -2.56. The molecule has 0 aliphatic carbocycles. The summed E-state index contributed by atoms with van der Waals surface area (Å²) in [5.41, 5.74) is 5.35. The van der Waals surface area contributed by atoms with Gasteiger partial charge in [-0.25, -0.2) is 5.43 Å². The van der Waals surface area contributed by atoms with Crippen LogP contribution in [0.4, 0.5) is 0 Å². The number of hydrazone groups is 1. The molecule has 1 N–H and O–H groups in total. The first-order chi connectivity index (χ1) is 9.63. The molecule has 1 heterocycles. The van der Waals surface area contributed by atoms with Crippen molar-refractivity contribution in [3.63, 3.8) is 0 Å². The lowest BCUT2D eigenvalue weighted by Crippen LogP contribution is -2.24. The number of hydrogen-bond donors (Lipinski definition) is 1. The van der Waals surface area contributed by atoms with Crippen LogP contribution in [0.3, 0.4) is 0 Å². The Kier molecular flexibility index (Phi) is 4.55. The number of amides is 1. The van der Waals surface area contributed by atoms with E-state index >= 15 is 0 Å². The van der Waals surface area contributed by atoms with E-state index in [1.807, 2.05) is 32.0 Å². The Labute approximate surface area is 117 Å². The molecule has 1 amide bonds. The molecule has 0 atom stereocenters. The summed E-state index contributed by atoms with van der Waals surface area (Å²) in [6, 6.07) is 7.55. The first kappa shape index (κ1) is 13.9. The summed E-state index contributed by atoms with van der Waals surface area (Å²) >= 11 is 0. The largest absolute Gasteiger partial charge is 0.484 e. The van der Waals surface area contributed by atoms with Gasteiger partial charge in [0.15, 0.2) is 6.61 Å². The van der Waals surface area contributed by atoms with E-state index < -0.39 is 0 Å². The highest BCUT2D eigenvalue weighted by Crippen LogP contribution is 2.15. The van der Waals surface area contributed by atoms with Crippen LogP contribution in [0.5, 0.6) is 5.75 Å². The summed E-state index contributed by atoms with van der Waals surface area (Å²) < 4.78 is 10.3. The SMILES string of the molecule is Cc1cc(C)cc(OCC(=O)NN=Cc2ccoc2)c1. The predicted molar refractivity (Wildman–Crippen MR) is 75.9 cm³/mol. The third-order valence-corrected chi connectivity index (χ3v) is 2.51. The molecule has 0 bridgehead atoms. The summed E-state index contributed by atoms with van der Waals surface area (Å²) in [5.74, 6) is 0.361. The lowest BCUT2D eigenvalue weighted by Gasteiger charge is -2.07. The summed E-state index contributed by atoms with van der Waals surface area (Å²) in [6.07, 6.45) is 4.56. The van der Waals surface area contributed by atoms with Crippen molar-refractivity contribution in [2.75, 3.05) is 6.61 Å². The van der Waals surface area contributed by atoms with Crippen molar-refractivity contribution in [1.82, 2.24) is 5.43 Å². The van der Waals surface area contributed by atoms with Crippen molar-refractivity contribution in [3.05, 3.63) is 53.5 Å². The van der Waals surface area contributed by atoms with Crippen LogP contribution in [0.2, 0.25) is 0 Å². The highest BCUT2D eigenvalue weighted by Gasteiger charge is 2.02. The van der Waals surface area contributed by atoms with Crippen LogP contribution in [0.25, 0.3) is 0 Å². The van der Waals surface area contributed by atoms with Gasteiger partial charge in [0.25, 0.3) is 5.91 Å². The van der Waals surface area contributed by atoms with Crippen molar-refractivity contribution < 1.29 is 13.9 Å². The molecule has 5 nitrogen and oxygen atoms in total. The molecule has 104 valence electrons. The quantitative estimate of drug-likeness (QED) is 0.671. The minimum atomic E-state index is -0.316. The summed E-state index contributed by atoms with van der Waals surface area (Å²) in [6.45, 7) is 3.88. The molecule has 1 aromatic heterocycles. The van der Waals surface area contributed by atoms with Crippen LogP contribution < -0.4 is 10.2 Å². The maximum atomic E-state index is 11.5. The van der Waals surface area contributed by atoms with Crippen LogP contribution in [-0.2, 0) is 4.79 Å². The fourth-order valence-electron chi connectivity index (χ4n) is 1.72. The van der Waals surface area contributed by atoms with Gasteiger partial charge in [-0.1, -0.05) is 6.07 Å². The molecule has 5 heteroatoms. The van der Waals surface area contributed by atoms with Crippen LogP contribution in [0, 0.1) is 13.8 Å². The molecule has 0 fully saturated rings. The summed E-state index contributed by atoms with van der Waals surface area (Å²) in [4.78, 5) is 11.5. The Bertz CT molecular complexity index is 583. The number of rotatable bonds is 5. The molecule has 2 aromatic rings. The molecule has 0 saturated heterocycles. The van der Waals surface area contributed by atoms with Gasteiger partial charge in [-0.2, -0.15) is 5.10 Å². The predicted octanol–water partition coefficient (Wildman–Crippen LogP) is 2.43. The van der Waals surface area contributed by atoms with E-state index in [2.05, 4.69) is 10.5 Å². The fourth-order valence-corrected chi connectivity index (χ4v) is 1.72. The van der Waals surface area contributed by atoms with Gasteiger partial charge in [0.05, 0.1) is 18.7 Å². The van der Waals surface area contributed by atoms with E-state index in [0.29, 0.717) is 5.75 Å². The Morgan fingerprint density at radius 1 is 1.35 bits per heavy atom. The van der Waals surface area contributed by atoms with Crippen molar-refractivity contribution in [2.45, 2.75) is 13.8 Å². The minimum absolute atomic E-state index is 0.0778. The number of carbonyl (C=O) groups excluding carboxylic acids is 1. The topological polar surface area (TPSA) is 63.8 Å². The van der Waals surface area contributed by atoms with Gasteiger partial charge < -0.3 is 9.15 Å². The molecular weight excluding hydrogens is 256 g/mol. The van der Waals surface area contributed by atoms with E-state index in [-0.39, 0.29) is 12.5 Å². The molecule has 0 unspecified atom stereocenters. The zero-order valence-electron chi connectivity index (χ0n) is 11.4. The molecule has 0 aliphatic heterocycles. The number of hydrogen-bond acceptors (Lipinski definition) is 4. The summed E-state index contributed by atoms with van der Waals surface area (Å²) in [5, 5.41) is 3.80. The van der Waals surface area contributed by atoms with Gasteiger partial charge >= 0.3 is 0 Å². The van der Waals surface area contributed by atoms with Crippen LogP contribution in [0.1, 0.15) is 16.7 Å². The van der Waals surface area contributed by atoms with E-state index in [1.54, 1.807) is 6.07 Å². The van der Waals surface area contributed by atoms with Crippen molar-refractivity contribution >= 4 is 12.1 Å². The number of nitrogens with zero attached hydrogens (tertiary/aromatic N) is 1. The maximum absolute atomic E-state index is 11.5. The van der Waals surface area contributed by atoms with Gasteiger partial charge in [0.1, 0.15) is 5.75 Å². The van der Waals surface area contributed by atoms with Gasteiger partial charge in [0.2, 0.25) is 0 Å². The first-order valence-electron chi connectivity index (χ1n) is 6.19. The average molecular weight is 272 g/mol. The number of furan rings is 1. The van der Waals surface area contributed by atoms with Crippen LogP contribution >= 0.6 is 0 Å². The van der Waals surface area contributed by atoms with E-state index in [4.69, 9.17) is 9.15 Å². The zero-order valence-corrected chi connectivity index (χ0v) is 11.4. The standard InChI is InChI=1S/C15H16N2O3/c1-11-5-12(2)7-14(6-11)20-10-15(18)17-16-8-13-3-4-19-9-13/h3-9H,10H2,1-2H3,(H,17,18). The van der Waals surface area contributed by atoms with Crippen molar-refractivity contribution in [3.8, 4) is 5.75 Å². The van der Waals surface area contributed by atoms with Gasteiger partial charge in [-0.05, 0) is 43.2 Å². The molecule has 0 spiro atoms. The zero-order chi connectivity index (χ0) is 14.4. The molecule has 0 aliphatic rings. The van der Waals surface area contributed by atoms with Crippen molar-refractivity contribution in [2.24, 2.45) is 5.10 Å².